The number of aliphatic carboxylic acids is 1. The van der Waals surface area contributed by atoms with E-state index in [0.29, 0.717) is 45.2 Å². The molecule has 0 radical (unpaired) electrons. The maximum absolute atomic E-state index is 12.0. The molecule has 6 nitrogen and oxygen atoms in total. The van der Waals surface area contributed by atoms with Crippen LogP contribution in [0.5, 0.6) is 0 Å². The van der Waals surface area contributed by atoms with Crippen molar-refractivity contribution in [2.24, 2.45) is 5.92 Å². The third kappa shape index (κ3) is 4.68. The summed E-state index contributed by atoms with van der Waals surface area (Å²) in [5.74, 6) is -0.665. The predicted octanol–water partition coefficient (Wildman–Crippen LogP) is 0.811. The van der Waals surface area contributed by atoms with Crippen molar-refractivity contribution in [3.63, 3.8) is 0 Å². The van der Waals surface area contributed by atoms with E-state index in [1.165, 1.54) is 0 Å². The van der Waals surface area contributed by atoms with Gasteiger partial charge in [-0.15, -0.1) is 0 Å². The maximum Gasteiger partial charge on any atom is 0.306 e. The van der Waals surface area contributed by atoms with Gasteiger partial charge in [-0.05, 0) is 39.3 Å². The average molecular weight is 298 g/mol. The molecule has 2 rings (SSSR count). The monoisotopic (exact) mass is 298 g/mol. The summed E-state index contributed by atoms with van der Waals surface area (Å²) in [5, 5.41) is 9.06. The van der Waals surface area contributed by atoms with Gasteiger partial charge in [-0.2, -0.15) is 0 Å². The highest BCUT2D eigenvalue weighted by Crippen LogP contribution is 2.23. The van der Waals surface area contributed by atoms with E-state index in [2.05, 4.69) is 11.8 Å². The number of likely N-dealkylation sites (tertiary alicyclic amines) is 1. The summed E-state index contributed by atoms with van der Waals surface area (Å²) in [4.78, 5) is 27.2. The summed E-state index contributed by atoms with van der Waals surface area (Å²) in [7, 11) is 0. The number of hydrogen-bond acceptors (Lipinski definition) is 4. The van der Waals surface area contributed by atoms with E-state index >= 15 is 0 Å². The highest BCUT2D eigenvalue weighted by molar-refractivity contribution is 5.76. The van der Waals surface area contributed by atoms with Crippen molar-refractivity contribution in [1.82, 2.24) is 9.80 Å². The normalized spacial score (nSPS) is 27.6. The SMILES string of the molecule is CC1CC(C(=O)O)CCN1CCCC(=O)N1CCOCC1. The fourth-order valence-corrected chi connectivity index (χ4v) is 3.18. The van der Waals surface area contributed by atoms with Gasteiger partial charge in [0.25, 0.3) is 0 Å². The van der Waals surface area contributed by atoms with Gasteiger partial charge in [0.15, 0.2) is 0 Å². The van der Waals surface area contributed by atoms with Crippen molar-refractivity contribution in [3.8, 4) is 0 Å². The number of carbonyl (C=O) groups is 2. The first kappa shape index (κ1) is 16.2. The second-order valence-electron chi connectivity index (χ2n) is 6.04. The van der Waals surface area contributed by atoms with Gasteiger partial charge < -0.3 is 19.6 Å². The van der Waals surface area contributed by atoms with Crippen LogP contribution >= 0.6 is 0 Å². The van der Waals surface area contributed by atoms with Gasteiger partial charge in [-0.3, -0.25) is 9.59 Å². The third-order valence-electron chi connectivity index (χ3n) is 4.56. The Morgan fingerprint density at radius 2 is 1.95 bits per heavy atom. The number of carboxylic acid groups (broad SMARTS) is 1. The lowest BCUT2D eigenvalue weighted by Crippen LogP contribution is -2.44. The van der Waals surface area contributed by atoms with Crippen LogP contribution in [0, 0.1) is 5.92 Å². The van der Waals surface area contributed by atoms with Crippen LogP contribution in [0.25, 0.3) is 0 Å². The molecule has 2 saturated heterocycles. The second kappa shape index (κ2) is 7.75. The topological polar surface area (TPSA) is 70.1 Å². The van der Waals surface area contributed by atoms with Gasteiger partial charge in [0, 0.05) is 25.6 Å². The van der Waals surface area contributed by atoms with Crippen LogP contribution in [0.2, 0.25) is 0 Å². The molecule has 2 aliphatic rings. The number of ether oxygens (including phenoxy) is 1. The molecule has 0 aromatic carbocycles. The zero-order valence-corrected chi connectivity index (χ0v) is 12.8. The Kier molecular flexibility index (Phi) is 5.99. The number of rotatable bonds is 5. The molecule has 1 amide bonds. The van der Waals surface area contributed by atoms with Gasteiger partial charge in [0.05, 0.1) is 19.1 Å². The molecule has 1 N–H and O–H groups in total. The Balaban J connectivity index is 1.66. The first-order chi connectivity index (χ1) is 10.1. The lowest BCUT2D eigenvalue weighted by Gasteiger charge is -2.36. The molecule has 0 bridgehead atoms. The first-order valence-corrected chi connectivity index (χ1v) is 7.90. The zero-order valence-electron chi connectivity index (χ0n) is 12.8. The van der Waals surface area contributed by atoms with Crippen molar-refractivity contribution in [2.45, 2.75) is 38.6 Å². The summed E-state index contributed by atoms with van der Waals surface area (Å²) in [6, 6.07) is 0.290. The Bertz CT molecular complexity index is 369. The molecule has 0 aromatic heterocycles. The Morgan fingerprint density at radius 3 is 2.57 bits per heavy atom. The van der Waals surface area contributed by atoms with Crippen LogP contribution in [0.15, 0.2) is 0 Å². The molecule has 2 unspecified atom stereocenters. The van der Waals surface area contributed by atoms with E-state index in [-0.39, 0.29) is 11.8 Å². The number of carbonyl (C=O) groups excluding carboxylic acids is 1. The van der Waals surface area contributed by atoms with Crippen molar-refractivity contribution in [1.29, 1.82) is 0 Å². The van der Waals surface area contributed by atoms with Crippen LogP contribution in [0.1, 0.15) is 32.6 Å². The number of piperidine rings is 1. The van der Waals surface area contributed by atoms with Crippen LogP contribution in [-0.4, -0.2) is 72.2 Å². The fourth-order valence-electron chi connectivity index (χ4n) is 3.18. The largest absolute Gasteiger partial charge is 0.481 e. The minimum absolute atomic E-state index is 0.203. The summed E-state index contributed by atoms with van der Waals surface area (Å²) in [5.41, 5.74) is 0. The number of amides is 1. The van der Waals surface area contributed by atoms with Crippen molar-refractivity contribution < 1.29 is 19.4 Å². The molecule has 2 heterocycles. The molecule has 0 aliphatic carbocycles. The second-order valence-corrected chi connectivity index (χ2v) is 6.04. The van der Waals surface area contributed by atoms with Gasteiger partial charge in [0.1, 0.15) is 0 Å². The summed E-state index contributed by atoms with van der Waals surface area (Å²) < 4.78 is 5.24. The quantitative estimate of drug-likeness (QED) is 0.813. The Labute approximate surface area is 126 Å². The predicted molar refractivity (Wildman–Crippen MR) is 78.0 cm³/mol. The lowest BCUT2D eigenvalue weighted by atomic mass is 9.91. The Hall–Kier alpha value is -1.14. The van der Waals surface area contributed by atoms with E-state index in [4.69, 9.17) is 9.84 Å². The van der Waals surface area contributed by atoms with E-state index in [1.54, 1.807) is 0 Å². The van der Waals surface area contributed by atoms with E-state index in [9.17, 15) is 9.59 Å². The van der Waals surface area contributed by atoms with Crippen LogP contribution in [0.4, 0.5) is 0 Å². The molecule has 2 atom stereocenters. The average Bonchev–Trinajstić information content (AvgIpc) is 2.49. The highest BCUT2D eigenvalue weighted by atomic mass is 16.5. The third-order valence-corrected chi connectivity index (χ3v) is 4.56. The first-order valence-electron chi connectivity index (χ1n) is 7.90. The molecule has 2 aliphatic heterocycles. The van der Waals surface area contributed by atoms with Crippen LogP contribution in [-0.2, 0) is 14.3 Å². The minimum Gasteiger partial charge on any atom is -0.481 e. The van der Waals surface area contributed by atoms with Gasteiger partial charge in [-0.1, -0.05) is 0 Å². The van der Waals surface area contributed by atoms with E-state index in [0.717, 1.165) is 25.9 Å². The lowest BCUT2D eigenvalue weighted by molar-refractivity contribution is -0.144. The minimum atomic E-state index is -0.677. The van der Waals surface area contributed by atoms with Crippen LogP contribution < -0.4 is 0 Å². The van der Waals surface area contributed by atoms with E-state index in [1.807, 2.05) is 4.90 Å². The standard InChI is InChI=1S/C15H26N2O4/c1-12-11-13(15(19)20)4-6-16(12)5-2-3-14(18)17-7-9-21-10-8-17/h12-13H,2-11H2,1H3,(H,19,20). The molecular formula is C15H26N2O4. The van der Waals surface area contributed by atoms with Crippen LogP contribution in [0.3, 0.4) is 0 Å². The number of morpholine rings is 1. The molecule has 2 fully saturated rings. The van der Waals surface area contributed by atoms with Crippen molar-refractivity contribution >= 4 is 11.9 Å². The van der Waals surface area contributed by atoms with E-state index < -0.39 is 5.97 Å². The summed E-state index contributed by atoms with van der Waals surface area (Å²) >= 11 is 0. The zero-order chi connectivity index (χ0) is 15.2. The van der Waals surface area contributed by atoms with Crippen molar-refractivity contribution in [2.75, 3.05) is 39.4 Å². The van der Waals surface area contributed by atoms with Gasteiger partial charge in [0.2, 0.25) is 5.91 Å². The molecule has 21 heavy (non-hydrogen) atoms. The smallest absolute Gasteiger partial charge is 0.306 e. The van der Waals surface area contributed by atoms with Crippen molar-refractivity contribution in [3.05, 3.63) is 0 Å². The maximum atomic E-state index is 12.0. The number of carboxylic acids is 1. The van der Waals surface area contributed by atoms with Gasteiger partial charge >= 0.3 is 5.97 Å². The fraction of sp³-hybridized carbons (Fsp3) is 0.867. The number of nitrogens with zero attached hydrogens (tertiary/aromatic N) is 2. The highest BCUT2D eigenvalue weighted by Gasteiger charge is 2.29. The molecule has 0 saturated carbocycles. The number of hydrogen-bond donors (Lipinski definition) is 1. The molecule has 0 spiro atoms. The Morgan fingerprint density at radius 1 is 1.24 bits per heavy atom. The molecular weight excluding hydrogens is 272 g/mol. The summed E-state index contributed by atoms with van der Waals surface area (Å²) in [6.07, 6.45) is 2.85. The molecule has 120 valence electrons. The summed E-state index contributed by atoms with van der Waals surface area (Å²) in [6.45, 7) is 6.49. The van der Waals surface area contributed by atoms with Gasteiger partial charge in [-0.25, -0.2) is 0 Å². The molecule has 0 aromatic rings. The molecule has 6 heteroatoms.